The average Bonchev–Trinajstić information content (AvgIpc) is 2.37. The van der Waals surface area contributed by atoms with E-state index in [1.165, 1.54) is 12.1 Å². The first-order chi connectivity index (χ1) is 8.63. The first kappa shape index (κ1) is 14.3. The number of hydrogen-bond acceptors (Lipinski definition) is 3. The number of benzene rings is 1. The minimum atomic E-state index is -0.965. The Hall–Kier alpha value is -1.81. The Labute approximate surface area is 107 Å². The number of aliphatic hydroxyl groups excluding tert-OH is 1. The molecule has 2 N–H and O–H groups in total. The highest BCUT2D eigenvalue weighted by Gasteiger charge is 2.05. The number of carboxylic acids is 1. The lowest BCUT2D eigenvalue weighted by atomic mass is 10.2. The number of aliphatic hydroxyl groups is 1. The van der Waals surface area contributed by atoms with Gasteiger partial charge in [-0.2, -0.15) is 0 Å². The van der Waals surface area contributed by atoms with Crippen LogP contribution in [0.4, 0.5) is 0 Å². The van der Waals surface area contributed by atoms with E-state index < -0.39 is 12.1 Å². The fourth-order valence-corrected chi connectivity index (χ4v) is 1.42. The van der Waals surface area contributed by atoms with Crippen LogP contribution in [-0.2, 0) is 0 Å². The van der Waals surface area contributed by atoms with Gasteiger partial charge in [0.15, 0.2) is 0 Å². The molecular formula is C14H18O4. The van der Waals surface area contributed by atoms with Crippen molar-refractivity contribution in [1.82, 2.24) is 0 Å². The van der Waals surface area contributed by atoms with Crippen molar-refractivity contribution in [2.75, 3.05) is 6.61 Å². The van der Waals surface area contributed by atoms with Gasteiger partial charge in [-0.3, -0.25) is 0 Å². The summed E-state index contributed by atoms with van der Waals surface area (Å²) in [7, 11) is 0. The molecule has 0 amide bonds. The van der Waals surface area contributed by atoms with Gasteiger partial charge < -0.3 is 14.9 Å². The molecule has 1 rings (SSSR count). The zero-order valence-corrected chi connectivity index (χ0v) is 10.4. The molecule has 0 aliphatic heterocycles. The molecule has 0 bridgehead atoms. The van der Waals surface area contributed by atoms with Crippen LogP contribution >= 0.6 is 0 Å². The Bertz CT molecular complexity index is 395. The molecule has 18 heavy (non-hydrogen) atoms. The molecule has 4 nitrogen and oxygen atoms in total. The minimum absolute atomic E-state index is 0.212. The van der Waals surface area contributed by atoms with Crippen LogP contribution in [0.2, 0.25) is 0 Å². The monoisotopic (exact) mass is 250 g/mol. The number of ether oxygens (including phenoxy) is 1. The largest absolute Gasteiger partial charge is 0.491 e. The van der Waals surface area contributed by atoms with Crippen molar-refractivity contribution >= 4 is 5.97 Å². The van der Waals surface area contributed by atoms with E-state index in [-0.39, 0.29) is 12.2 Å². The van der Waals surface area contributed by atoms with E-state index in [2.05, 4.69) is 0 Å². The Morgan fingerprint density at radius 2 is 2.06 bits per heavy atom. The van der Waals surface area contributed by atoms with E-state index in [4.69, 9.17) is 9.84 Å². The molecule has 0 heterocycles. The molecule has 0 aliphatic carbocycles. The fourth-order valence-electron chi connectivity index (χ4n) is 1.42. The smallest absolute Gasteiger partial charge is 0.335 e. The van der Waals surface area contributed by atoms with E-state index >= 15 is 0 Å². The van der Waals surface area contributed by atoms with Gasteiger partial charge in [-0.1, -0.05) is 12.2 Å². The molecule has 1 atom stereocenters. The zero-order valence-electron chi connectivity index (χ0n) is 10.4. The van der Waals surface area contributed by atoms with Crippen molar-refractivity contribution in [3.63, 3.8) is 0 Å². The minimum Gasteiger partial charge on any atom is -0.491 e. The maximum atomic E-state index is 10.6. The molecule has 1 aromatic rings. The fraction of sp³-hybridized carbons (Fsp3) is 0.357. The second-order valence-electron chi connectivity index (χ2n) is 3.94. The van der Waals surface area contributed by atoms with Crippen LogP contribution in [0, 0.1) is 0 Å². The molecule has 0 radical (unpaired) electrons. The number of rotatable bonds is 7. The molecular weight excluding hydrogens is 232 g/mol. The van der Waals surface area contributed by atoms with E-state index in [1.807, 2.05) is 19.1 Å². The molecule has 0 saturated heterocycles. The number of allylic oxidation sites excluding steroid dienone is 2. The number of carbonyl (C=O) groups is 1. The predicted molar refractivity (Wildman–Crippen MR) is 69.0 cm³/mol. The van der Waals surface area contributed by atoms with Crippen molar-refractivity contribution in [3.05, 3.63) is 42.0 Å². The normalized spacial score (nSPS) is 12.6. The lowest BCUT2D eigenvalue weighted by molar-refractivity contribution is 0.0696. The third-order valence-corrected chi connectivity index (χ3v) is 2.45. The maximum absolute atomic E-state index is 10.6. The summed E-state index contributed by atoms with van der Waals surface area (Å²) < 4.78 is 5.37. The van der Waals surface area contributed by atoms with Gasteiger partial charge in [0.1, 0.15) is 12.4 Å². The molecule has 1 aromatic carbocycles. The van der Waals surface area contributed by atoms with E-state index in [0.717, 1.165) is 6.42 Å². The Balaban J connectivity index is 2.36. The topological polar surface area (TPSA) is 66.8 Å². The first-order valence-corrected chi connectivity index (χ1v) is 5.89. The van der Waals surface area contributed by atoms with E-state index in [1.54, 1.807) is 12.1 Å². The predicted octanol–water partition coefficient (Wildman–Crippen LogP) is 2.48. The van der Waals surface area contributed by atoms with Gasteiger partial charge in [-0.25, -0.2) is 4.79 Å². The van der Waals surface area contributed by atoms with E-state index in [0.29, 0.717) is 12.2 Å². The molecule has 0 fully saturated rings. The SMILES string of the molecule is C/C=C/CCC(O)COc1ccc(C(=O)O)cc1. The summed E-state index contributed by atoms with van der Waals surface area (Å²) in [6.07, 6.45) is 4.89. The number of aromatic carboxylic acids is 1. The highest BCUT2D eigenvalue weighted by Crippen LogP contribution is 2.13. The van der Waals surface area contributed by atoms with Crippen LogP contribution in [0.3, 0.4) is 0 Å². The lowest BCUT2D eigenvalue weighted by Crippen LogP contribution is -2.17. The highest BCUT2D eigenvalue weighted by atomic mass is 16.5. The Kier molecular flexibility index (Phi) is 5.94. The summed E-state index contributed by atoms with van der Waals surface area (Å²) in [5.41, 5.74) is 0.219. The van der Waals surface area contributed by atoms with Crippen molar-refractivity contribution in [1.29, 1.82) is 0 Å². The summed E-state index contributed by atoms with van der Waals surface area (Å²) in [5, 5.41) is 18.4. The summed E-state index contributed by atoms with van der Waals surface area (Å²) in [4.78, 5) is 10.6. The van der Waals surface area contributed by atoms with Gasteiger partial charge in [0.25, 0.3) is 0 Å². The van der Waals surface area contributed by atoms with Gasteiger partial charge >= 0.3 is 5.97 Å². The van der Waals surface area contributed by atoms with Crippen LogP contribution in [0.1, 0.15) is 30.1 Å². The summed E-state index contributed by atoms with van der Waals surface area (Å²) in [6, 6.07) is 6.12. The Morgan fingerprint density at radius 1 is 1.39 bits per heavy atom. The van der Waals surface area contributed by atoms with Gasteiger partial charge in [-0.05, 0) is 44.0 Å². The summed E-state index contributed by atoms with van der Waals surface area (Å²) >= 11 is 0. The molecule has 1 unspecified atom stereocenters. The third kappa shape index (κ3) is 5.01. The van der Waals surface area contributed by atoms with Crippen LogP contribution in [-0.4, -0.2) is 28.9 Å². The summed E-state index contributed by atoms with van der Waals surface area (Å²) in [6.45, 7) is 2.15. The van der Waals surface area contributed by atoms with Crippen LogP contribution in [0.5, 0.6) is 5.75 Å². The summed E-state index contributed by atoms with van der Waals surface area (Å²) in [5.74, 6) is -0.405. The third-order valence-electron chi connectivity index (χ3n) is 2.45. The van der Waals surface area contributed by atoms with Gasteiger partial charge in [0.2, 0.25) is 0 Å². The molecule has 0 spiro atoms. The van der Waals surface area contributed by atoms with Gasteiger partial charge in [0, 0.05) is 0 Å². The second kappa shape index (κ2) is 7.50. The number of carboxylic acid groups (broad SMARTS) is 1. The standard InChI is InChI=1S/C14H18O4/c1-2-3-4-5-12(15)10-18-13-8-6-11(7-9-13)14(16)17/h2-3,6-9,12,15H,4-5,10H2,1H3,(H,16,17)/b3-2+. The Morgan fingerprint density at radius 3 is 2.61 bits per heavy atom. The molecule has 0 saturated carbocycles. The lowest BCUT2D eigenvalue weighted by Gasteiger charge is -2.11. The second-order valence-corrected chi connectivity index (χ2v) is 3.94. The van der Waals surface area contributed by atoms with Crippen LogP contribution < -0.4 is 4.74 Å². The van der Waals surface area contributed by atoms with Gasteiger partial charge in [0.05, 0.1) is 11.7 Å². The number of hydrogen-bond donors (Lipinski definition) is 2. The zero-order chi connectivity index (χ0) is 13.4. The van der Waals surface area contributed by atoms with Crippen molar-refractivity contribution in [2.24, 2.45) is 0 Å². The first-order valence-electron chi connectivity index (χ1n) is 5.89. The molecule has 0 aromatic heterocycles. The van der Waals surface area contributed by atoms with Crippen molar-refractivity contribution in [3.8, 4) is 5.75 Å². The van der Waals surface area contributed by atoms with Gasteiger partial charge in [-0.15, -0.1) is 0 Å². The molecule has 4 heteroatoms. The molecule has 0 aliphatic rings. The quantitative estimate of drug-likeness (QED) is 0.729. The van der Waals surface area contributed by atoms with Crippen molar-refractivity contribution < 1.29 is 19.7 Å². The van der Waals surface area contributed by atoms with Crippen LogP contribution in [0.15, 0.2) is 36.4 Å². The van der Waals surface area contributed by atoms with E-state index in [9.17, 15) is 9.90 Å². The maximum Gasteiger partial charge on any atom is 0.335 e. The van der Waals surface area contributed by atoms with Crippen LogP contribution in [0.25, 0.3) is 0 Å². The average molecular weight is 250 g/mol. The highest BCUT2D eigenvalue weighted by molar-refractivity contribution is 5.87. The molecule has 98 valence electrons. The van der Waals surface area contributed by atoms with Crippen molar-refractivity contribution in [2.45, 2.75) is 25.9 Å².